The smallest absolute Gasteiger partial charge is 0.393 e. The maximum atomic E-state index is 11.8. The van der Waals surface area contributed by atoms with Crippen molar-refractivity contribution >= 4 is 5.78 Å². The summed E-state index contributed by atoms with van der Waals surface area (Å²) in [4.78, 5) is 11.5. The molecule has 11 heteroatoms. The number of carbonyl (C=O) groups is 1. The standard InChI is InChI=1S/C10H19FO2.C3F8.4CH4/c1-4-10(2,3)9(13)7-8(12)5-6-11;4-1(5,2(6,7)8)3(9,10)11;;;;/h8,12H,4-7H2,1-3H3;;4*1H4. The molecule has 0 aliphatic carbocycles. The van der Waals surface area contributed by atoms with E-state index < -0.39 is 36.5 Å². The number of aliphatic hydroxyl groups is 1. The third-order valence-corrected chi connectivity index (χ3v) is 3.21. The number of hydrogen-bond acceptors (Lipinski definition) is 2. The van der Waals surface area contributed by atoms with Crippen molar-refractivity contribution < 1.29 is 49.4 Å². The average Bonchev–Trinajstić information content (AvgIpc) is 2.36. The molecule has 0 aromatic heterocycles. The van der Waals surface area contributed by atoms with Gasteiger partial charge in [-0.05, 0) is 6.42 Å². The van der Waals surface area contributed by atoms with Gasteiger partial charge in [-0.15, -0.1) is 0 Å². The Balaban J connectivity index is -0.0000000764. The van der Waals surface area contributed by atoms with Crippen molar-refractivity contribution in [3.05, 3.63) is 0 Å². The van der Waals surface area contributed by atoms with E-state index >= 15 is 0 Å². The number of alkyl halides is 9. The Kier molecular flexibility index (Phi) is 22.1. The molecule has 0 aromatic carbocycles. The molecule has 0 aliphatic heterocycles. The molecule has 0 spiro atoms. The molecule has 0 aromatic rings. The van der Waals surface area contributed by atoms with Crippen molar-refractivity contribution in [2.45, 2.75) is 94.1 Å². The molecular formula is C17H35F9O2. The third kappa shape index (κ3) is 13.2. The van der Waals surface area contributed by atoms with Gasteiger partial charge in [-0.25, -0.2) is 0 Å². The summed E-state index contributed by atoms with van der Waals surface area (Å²) < 4.78 is 99.3. The van der Waals surface area contributed by atoms with Crippen LogP contribution in [-0.4, -0.2) is 41.9 Å². The lowest BCUT2D eigenvalue weighted by atomic mass is 9.82. The molecule has 0 saturated carbocycles. The van der Waals surface area contributed by atoms with Crippen LogP contribution in [-0.2, 0) is 4.79 Å². The van der Waals surface area contributed by atoms with Crippen LogP contribution < -0.4 is 0 Å². The number of hydrogen-bond donors (Lipinski definition) is 1. The van der Waals surface area contributed by atoms with Crippen molar-refractivity contribution in [1.82, 2.24) is 0 Å². The van der Waals surface area contributed by atoms with Gasteiger partial charge in [0.1, 0.15) is 5.78 Å². The van der Waals surface area contributed by atoms with E-state index in [9.17, 15) is 49.4 Å². The molecule has 1 N–H and O–H groups in total. The van der Waals surface area contributed by atoms with E-state index in [0.717, 1.165) is 6.42 Å². The zero-order valence-electron chi connectivity index (χ0n) is 13.2. The molecule has 0 heterocycles. The lowest BCUT2D eigenvalue weighted by Gasteiger charge is -2.22. The molecular weight excluding hydrogens is 407 g/mol. The molecule has 0 aliphatic rings. The van der Waals surface area contributed by atoms with Crippen LogP contribution in [0.5, 0.6) is 0 Å². The summed E-state index contributed by atoms with van der Waals surface area (Å²) >= 11 is 0. The highest BCUT2D eigenvalue weighted by Gasteiger charge is 2.74. The van der Waals surface area contributed by atoms with Gasteiger partial charge in [-0.1, -0.05) is 50.5 Å². The molecule has 0 bridgehead atoms. The summed E-state index contributed by atoms with van der Waals surface area (Å²) in [5.41, 5.74) is -0.392. The fraction of sp³-hybridized carbons (Fsp3) is 0.941. The Labute approximate surface area is 162 Å². The molecule has 1 atom stereocenters. The molecule has 0 saturated heterocycles. The first-order chi connectivity index (χ1) is 10.4. The Morgan fingerprint density at radius 2 is 1.18 bits per heavy atom. The Morgan fingerprint density at radius 1 is 0.857 bits per heavy atom. The van der Waals surface area contributed by atoms with Gasteiger partial charge in [-0.2, -0.15) is 35.1 Å². The summed E-state index contributed by atoms with van der Waals surface area (Å²) in [5.74, 6) is -6.61. The van der Waals surface area contributed by atoms with E-state index in [0.29, 0.717) is 0 Å². The number of halogens is 9. The molecule has 0 rings (SSSR count). The number of Topliss-reactive ketones (excluding diaryl/α,β-unsaturated/α-hetero) is 1. The summed E-state index contributed by atoms with van der Waals surface area (Å²) in [6, 6.07) is 0. The second-order valence-corrected chi connectivity index (χ2v) is 5.57. The lowest BCUT2D eigenvalue weighted by Crippen LogP contribution is -2.49. The van der Waals surface area contributed by atoms with Crippen LogP contribution >= 0.6 is 0 Å². The number of aliphatic hydroxyl groups excluding tert-OH is 1. The van der Waals surface area contributed by atoms with Crippen molar-refractivity contribution in [1.29, 1.82) is 0 Å². The van der Waals surface area contributed by atoms with Gasteiger partial charge in [0.25, 0.3) is 0 Å². The highest BCUT2D eigenvalue weighted by atomic mass is 19.5. The Hall–Kier alpha value is -1.00. The molecule has 2 nitrogen and oxygen atoms in total. The van der Waals surface area contributed by atoms with E-state index in [1.54, 1.807) is 0 Å². The zero-order chi connectivity index (χ0) is 20.0. The Bertz CT molecular complexity index is 373. The number of ketones is 1. The minimum Gasteiger partial charge on any atom is -0.393 e. The van der Waals surface area contributed by atoms with Gasteiger partial charge < -0.3 is 5.11 Å². The van der Waals surface area contributed by atoms with Gasteiger partial charge in [0, 0.05) is 18.3 Å². The monoisotopic (exact) mass is 442 g/mol. The molecule has 0 fully saturated rings. The van der Waals surface area contributed by atoms with Crippen LogP contribution in [0.4, 0.5) is 39.5 Å². The second-order valence-electron chi connectivity index (χ2n) is 5.57. The summed E-state index contributed by atoms with van der Waals surface area (Å²) in [6.45, 7) is 5.05. The average molecular weight is 442 g/mol. The number of carbonyl (C=O) groups excluding carboxylic acids is 1. The van der Waals surface area contributed by atoms with Crippen molar-refractivity contribution in [3.63, 3.8) is 0 Å². The van der Waals surface area contributed by atoms with Crippen LogP contribution in [0.15, 0.2) is 0 Å². The SMILES string of the molecule is C.C.C.C.CCC(C)(C)C(=O)CC(O)CCF.FC(F)(F)C(F)(F)C(F)(F)F. The molecule has 0 amide bonds. The van der Waals surface area contributed by atoms with Gasteiger partial charge in [0.05, 0.1) is 12.8 Å². The minimum absolute atomic E-state index is 0. The summed E-state index contributed by atoms with van der Waals surface area (Å²) in [7, 11) is 0. The fourth-order valence-electron chi connectivity index (χ4n) is 1.08. The van der Waals surface area contributed by atoms with Crippen LogP contribution in [0.1, 0.15) is 69.7 Å². The highest BCUT2D eigenvalue weighted by molar-refractivity contribution is 5.84. The van der Waals surface area contributed by atoms with Crippen molar-refractivity contribution in [3.8, 4) is 0 Å². The first-order valence-corrected chi connectivity index (χ1v) is 6.72. The van der Waals surface area contributed by atoms with Gasteiger partial charge in [-0.3, -0.25) is 9.18 Å². The Morgan fingerprint density at radius 3 is 1.36 bits per heavy atom. The summed E-state index contributed by atoms with van der Waals surface area (Å²) in [6.07, 6.45) is -13.1. The molecule has 28 heavy (non-hydrogen) atoms. The minimum atomic E-state index is -6.62. The zero-order valence-corrected chi connectivity index (χ0v) is 13.2. The highest BCUT2D eigenvalue weighted by Crippen LogP contribution is 2.46. The van der Waals surface area contributed by atoms with E-state index in [4.69, 9.17) is 0 Å². The van der Waals surface area contributed by atoms with E-state index in [2.05, 4.69) is 0 Å². The second kappa shape index (κ2) is 14.9. The molecule has 1 unspecified atom stereocenters. The first-order valence-electron chi connectivity index (χ1n) is 6.72. The molecule has 0 radical (unpaired) electrons. The van der Waals surface area contributed by atoms with Crippen molar-refractivity contribution in [2.24, 2.45) is 5.41 Å². The predicted molar refractivity (Wildman–Crippen MR) is 94.3 cm³/mol. The van der Waals surface area contributed by atoms with Crippen LogP contribution in [0.2, 0.25) is 0 Å². The largest absolute Gasteiger partial charge is 0.463 e. The number of rotatable bonds is 6. The maximum absolute atomic E-state index is 11.8. The van der Waals surface area contributed by atoms with Crippen LogP contribution in [0.3, 0.4) is 0 Å². The van der Waals surface area contributed by atoms with E-state index in [-0.39, 0.29) is 48.3 Å². The predicted octanol–water partition coefficient (Wildman–Crippen LogP) is 7.39. The van der Waals surface area contributed by atoms with Crippen molar-refractivity contribution in [2.75, 3.05) is 6.67 Å². The third-order valence-electron chi connectivity index (χ3n) is 3.21. The normalized spacial score (nSPS) is 12.6. The van der Waals surface area contributed by atoms with Gasteiger partial charge >= 0.3 is 18.3 Å². The van der Waals surface area contributed by atoms with E-state index in [1.807, 2.05) is 20.8 Å². The van der Waals surface area contributed by atoms with E-state index in [1.165, 1.54) is 0 Å². The fourth-order valence-corrected chi connectivity index (χ4v) is 1.08. The lowest BCUT2D eigenvalue weighted by molar-refractivity contribution is -0.389. The maximum Gasteiger partial charge on any atom is 0.463 e. The van der Waals surface area contributed by atoms with Crippen LogP contribution in [0, 0.1) is 5.41 Å². The van der Waals surface area contributed by atoms with Gasteiger partial charge in [0.15, 0.2) is 0 Å². The van der Waals surface area contributed by atoms with Crippen LogP contribution in [0.25, 0.3) is 0 Å². The van der Waals surface area contributed by atoms with Gasteiger partial charge in [0.2, 0.25) is 0 Å². The summed E-state index contributed by atoms with van der Waals surface area (Å²) in [5, 5.41) is 9.22. The topological polar surface area (TPSA) is 37.3 Å². The molecule has 178 valence electrons. The quantitative estimate of drug-likeness (QED) is 0.436. The first kappa shape index (κ1) is 41.4.